The number of carbonyl (C=O) groups is 3. The highest BCUT2D eigenvalue weighted by Crippen LogP contribution is 2.41. The maximum absolute atomic E-state index is 13.3. The van der Waals surface area contributed by atoms with Crippen molar-refractivity contribution in [1.29, 1.82) is 0 Å². The van der Waals surface area contributed by atoms with Crippen molar-refractivity contribution >= 4 is 60.5 Å². The van der Waals surface area contributed by atoms with Gasteiger partial charge in [0.2, 0.25) is 5.56 Å². The van der Waals surface area contributed by atoms with Crippen molar-refractivity contribution in [3.63, 3.8) is 0 Å². The zero-order chi connectivity index (χ0) is 50.1. The van der Waals surface area contributed by atoms with Gasteiger partial charge in [-0.1, -0.05) is 80.9 Å². The van der Waals surface area contributed by atoms with Gasteiger partial charge in [0.25, 0.3) is 0 Å². The third kappa shape index (κ3) is 14.5. The summed E-state index contributed by atoms with van der Waals surface area (Å²) >= 11 is 6.74. The van der Waals surface area contributed by atoms with Crippen LogP contribution in [0.15, 0.2) is 89.7 Å². The smallest absolute Gasteiger partial charge is 0.411 e. The number of carbonyl (C=O) groups excluding carboxylic acids is 3. The number of methoxy groups -OCH3 is 1. The summed E-state index contributed by atoms with van der Waals surface area (Å²) in [7, 11) is -0.780. The zero-order valence-electron chi connectivity index (χ0n) is 41.0. The number of hydrogen-bond acceptors (Lipinski definition) is 11. The van der Waals surface area contributed by atoms with Crippen molar-refractivity contribution in [2.24, 2.45) is 0 Å². The molecular weight excluding hydrogens is 918 g/mol. The number of anilines is 2. The lowest BCUT2D eigenvalue weighted by Crippen LogP contribution is -2.43. The van der Waals surface area contributed by atoms with E-state index < -0.39 is 38.3 Å². The van der Waals surface area contributed by atoms with E-state index in [0.717, 1.165) is 27.8 Å². The maximum atomic E-state index is 13.3. The Hall–Kier alpha value is -6.07. The number of aromatic hydroxyl groups is 1. The number of H-pyrrole nitrogens is 1. The summed E-state index contributed by atoms with van der Waals surface area (Å²) < 4.78 is 29.5. The number of nitrogens with one attached hydrogen (secondary N) is 5. The molecule has 3 amide bonds. The molecule has 1 aliphatic carbocycles. The van der Waals surface area contributed by atoms with Crippen molar-refractivity contribution in [3.05, 3.63) is 117 Å². The van der Waals surface area contributed by atoms with Gasteiger partial charge in [-0.2, -0.15) is 0 Å². The summed E-state index contributed by atoms with van der Waals surface area (Å²) in [6.45, 7) is 17.1. The molecule has 1 aliphatic rings. The topological polar surface area (TPSA) is 199 Å². The van der Waals surface area contributed by atoms with Crippen LogP contribution in [0.3, 0.4) is 0 Å². The van der Waals surface area contributed by atoms with E-state index in [1.807, 2.05) is 75.4 Å². The minimum Gasteiger partial charge on any atom is -0.506 e. The SMILES string of the molecule is COc1cc(NC(=O)OCCc2ccc(-c3ccccc3)c(NC(=O)OC3CCC(NC(=O)OC(C)(C)C)CC3)c2)c(Cl)cc1CNC[C@@H](O[Si](C)(C)C(C)(C)C)c1ccc(O)c2[nH]c(=O)ccc12. The summed E-state index contributed by atoms with van der Waals surface area (Å²) in [5, 5.41) is 23.5. The number of hydrogen-bond donors (Lipinski definition) is 6. The fourth-order valence-electron chi connectivity index (χ4n) is 7.86. The molecule has 5 aromatic rings. The Labute approximate surface area is 410 Å². The second-order valence-electron chi connectivity index (χ2n) is 19.8. The quantitative estimate of drug-likeness (QED) is 0.0406. The number of phenols is 1. The summed E-state index contributed by atoms with van der Waals surface area (Å²) in [5.74, 6) is 0.457. The van der Waals surface area contributed by atoms with Crippen LogP contribution in [0.5, 0.6) is 11.5 Å². The fourth-order valence-corrected chi connectivity index (χ4v) is 9.37. The Bertz CT molecular complexity index is 2660. The molecule has 0 bridgehead atoms. The van der Waals surface area contributed by atoms with Crippen molar-refractivity contribution in [3.8, 4) is 22.6 Å². The molecule has 4 aromatic carbocycles. The van der Waals surface area contributed by atoms with Gasteiger partial charge >= 0.3 is 18.3 Å². The van der Waals surface area contributed by atoms with E-state index in [9.17, 15) is 24.3 Å². The molecule has 6 rings (SSSR count). The maximum Gasteiger partial charge on any atom is 0.411 e. The molecule has 1 saturated carbocycles. The van der Waals surface area contributed by atoms with E-state index in [1.54, 1.807) is 24.3 Å². The van der Waals surface area contributed by atoms with Crippen LogP contribution in [0.25, 0.3) is 22.0 Å². The summed E-state index contributed by atoms with van der Waals surface area (Å²) in [4.78, 5) is 53.6. The molecule has 0 radical (unpaired) electrons. The third-order valence-electron chi connectivity index (χ3n) is 12.4. The van der Waals surface area contributed by atoms with Crippen LogP contribution >= 0.6 is 11.6 Å². The van der Waals surface area contributed by atoms with E-state index in [-0.39, 0.29) is 40.1 Å². The first kappa shape index (κ1) is 52.3. The Kier molecular flexibility index (Phi) is 17.1. The van der Waals surface area contributed by atoms with Crippen molar-refractivity contribution < 1.29 is 42.9 Å². The molecule has 370 valence electrons. The molecule has 0 saturated heterocycles. The van der Waals surface area contributed by atoms with Gasteiger partial charge in [0.1, 0.15) is 23.2 Å². The highest BCUT2D eigenvalue weighted by atomic mass is 35.5. The molecule has 1 atom stereocenters. The van der Waals surface area contributed by atoms with Crippen LogP contribution in [-0.4, -0.2) is 74.7 Å². The van der Waals surface area contributed by atoms with Crippen LogP contribution in [0.1, 0.15) is 90.0 Å². The molecule has 15 nitrogen and oxygen atoms in total. The van der Waals surface area contributed by atoms with Crippen molar-refractivity contribution in [2.75, 3.05) is 30.9 Å². The van der Waals surface area contributed by atoms with E-state index in [0.29, 0.717) is 73.2 Å². The van der Waals surface area contributed by atoms with Gasteiger partial charge in [-0.15, -0.1) is 0 Å². The molecule has 69 heavy (non-hydrogen) atoms. The monoisotopic (exact) mass is 983 g/mol. The van der Waals surface area contributed by atoms with E-state index in [2.05, 4.69) is 60.1 Å². The van der Waals surface area contributed by atoms with Crippen LogP contribution in [0.2, 0.25) is 23.2 Å². The number of aromatic nitrogens is 1. The largest absolute Gasteiger partial charge is 0.506 e. The second-order valence-corrected chi connectivity index (χ2v) is 25.0. The average molecular weight is 985 g/mol. The lowest BCUT2D eigenvalue weighted by atomic mass is 9.93. The molecule has 1 aromatic heterocycles. The number of pyridine rings is 1. The van der Waals surface area contributed by atoms with Crippen LogP contribution in [-0.2, 0) is 31.6 Å². The predicted molar refractivity (Wildman–Crippen MR) is 273 cm³/mol. The van der Waals surface area contributed by atoms with E-state index in [1.165, 1.54) is 13.2 Å². The molecular formula is C52H66ClN5O10Si. The third-order valence-corrected chi connectivity index (χ3v) is 17.2. The summed E-state index contributed by atoms with van der Waals surface area (Å²) in [6.07, 6.45) is 0.358. The molecule has 1 fully saturated rings. The number of phenolic OH excluding ortho intramolecular Hbond substituents is 1. The standard InChI is InChI=1S/C52H66ClN5O10Si/c1-51(2,3)67-50(63)55-35-16-18-36(19-17-35)66-49(62)56-41-27-32(15-20-37(41)33-13-11-10-12-14-33)25-26-65-48(61)57-42-29-44(64-7)34(28-40(42)53)30-54-31-45(68-69(8,9)52(4,5)6)38-21-23-43(59)47-39(38)22-24-46(60)58-47/h10-15,20-24,27-29,35-36,45,54,59H,16-19,25-26,30-31H2,1-9H3,(H,55,63)(H,56,62)(H,57,61)(H,58,60)/t35?,36?,45-/m1/s1. The first-order valence-corrected chi connectivity index (χ1v) is 26.6. The normalized spacial score (nSPS) is 15.7. The Morgan fingerprint density at radius 1 is 0.855 bits per heavy atom. The molecule has 0 aliphatic heterocycles. The lowest BCUT2D eigenvalue weighted by molar-refractivity contribution is 0.0440. The van der Waals surface area contributed by atoms with Gasteiger partial charge in [0.15, 0.2) is 8.32 Å². The van der Waals surface area contributed by atoms with Crippen LogP contribution in [0, 0.1) is 0 Å². The van der Waals surface area contributed by atoms with Gasteiger partial charge in [-0.25, -0.2) is 14.4 Å². The first-order valence-electron chi connectivity index (χ1n) is 23.3. The van der Waals surface area contributed by atoms with Gasteiger partial charge in [0.05, 0.1) is 41.7 Å². The fraction of sp³-hybridized carbons (Fsp3) is 0.423. The minimum absolute atomic E-state index is 0.0256. The number of benzene rings is 4. The molecule has 1 heterocycles. The average Bonchev–Trinajstić information content (AvgIpc) is 3.27. The number of aromatic amines is 1. The molecule has 17 heteroatoms. The predicted octanol–water partition coefficient (Wildman–Crippen LogP) is 11.6. The van der Waals surface area contributed by atoms with Gasteiger partial charge in [-0.3, -0.25) is 15.4 Å². The van der Waals surface area contributed by atoms with E-state index >= 15 is 0 Å². The number of rotatable bonds is 16. The van der Waals surface area contributed by atoms with Gasteiger partial charge in [0, 0.05) is 54.2 Å². The highest BCUT2D eigenvalue weighted by molar-refractivity contribution is 6.74. The van der Waals surface area contributed by atoms with E-state index in [4.69, 9.17) is 35.0 Å². The number of fused-ring (bicyclic) bond motifs is 1. The second kappa shape index (κ2) is 22.6. The van der Waals surface area contributed by atoms with Crippen molar-refractivity contribution in [2.45, 2.75) is 122 Å². The Balaban J connectivity index is 1.05. The molecule has 0 spiro atoms. The number of amides is 3. The van der Waals surface area contributed by atoms with Crippen LogP contribution < -0.4 is 31.6 Å². The van der Waals surface area contributed by atoms with Gasteiger partial charge < -0.3 is 44.1 Å². The van der Waals surface area contributed by atoms with Gasteiger partial charge in [-0.05, 0) is 106 Å². The van der Waals surface area contributed by atoms with Crippen molar-refractivity contribution in [1.82, 2.24) is 15.6 Å². The van der Waals surface area contributed by atoms with Crippen LogP contribution in [0.4, 0.5) is 25.8 Å². The Morgan fingerprint density at radius 2 is 1.57 bits per heavy atom. The summed E-state index contributed by atoms with van der Waals surface area (Å²) in [5.41, 5.74) is 4.36. The lowest BCUT2D eigenvalue weighted by Gasteiger charge is -2.39. The molecule has 6 N–H and O–H groups in total. The number of ether oxygens (including phenoxy) is 4. The highest BCUT2D eigenvalue weighted by Gasteiger charge is 2.40. The number of alkyl carbamates (subject to hydrolysis) is 1. The minimum atomic E-state index is -2.31. The zero-order valence-corrected chi connectivity index (χ0v) is 42.7. The number of halogens is 1. The summed E-state index contributed by atoms with van der Waals surface area (Å²) in [6, 6.07) is 25.2. The first-order chi connectivity index (χ1) is 32.6. The molecule has 0 unspecified atom stereocenters. The Morgan fingerprint density at radius 3 is 2.25 bits per heavy atom.